The Balaban J connectivity index is 3.83. The number of amides is 1. The lowest BCUT2D eigenvalue weighted by atomic mass is 9.90. The van der Waals surface area contributed by atoms with E-state index in [1.807, 2.05) is 6.92 Å². The lowest BCUT2D eigenvalue weighted by molar-refractivity contribution is -0.122. The number of nitrogens with one attached hydrogen (secondary N) is 1. The van der Waals surface area contributed by atoms with Gasteiger partial charge in [0.2, 0.25) is 5.91 Å². The fourth-order valence-electron chi connectivity index (χ4n) is 0.768. The molecule has 0 saturated heterocycles. The first-order chi connectivity index (χ1) is 5.93. The summed E-state index contributed by atoms with van der Waals surface area (Å²) in [4.78, 5) is 11.3. The molecule has 1 amide bonds. The smallest absolute Gasteiger partial charge is 0.236 e. The zero-order valence-corrected chi connectivity index (χ0v) is 9.18. The molecule has 0 aliphatic rings. The van der Waals surface area contributed by atoms with Crippen molar-refractivity contribution in [1.29, 1.82) is 0 Å². The Morgan fingerprint density at radius 3 is 2.38 bits per heavy atom. The van der Waals surface area contributed by atoms with E-state index < -0.39 is 0 Å². The first-order valence-corrected chi connectivity index (χ1v) is 4.96. The summed E-state index contributed by atoms with van der Waals surface area (Å²) in [6.45, 7) is 8.99. The van der Waals surface area contributed by atoms with Crippen molar-refractivity contribution in [3.05, 3.63) is 0 Å². The van der Waals surface area contributed by atoms with Crippen LogP contribution in [0.15, 0.2) is 0 Å². The highest BCUT2D eigenvalue weighted by Crippen LogP contribution is 2.17. The molecule has 3 heteroatoms. The van der Waals surface area contributed by atoms with Crippen LogP contribution in [-0.2, 0) is 4.79 Å². The van der Waals surface area contributed by atoms with Crippen LogP contribution in [0, 0.1) is 5.41 Å². The molecule has 0 aromatic heterocycles. The maximum atomic E-state index is 11.3. The fraction of sp³-hybridized carbons (Fsp3) is 0.900. The molecule has 0 heterocycles. The van der Waals surface area contributed by atoms with Crippen molar-refractivity contribution in [3.63, 3.8) is 0 Å². The summed E-state index contributed by atoms with van der Waals surface area (Å²) in [6.07, 6.45) is 1.74. The summed E-state index contributed by atoms with van der Waals surface area (Å²) >= 11 is 0. The van der Waals surface area contributed by atoms with Gasteiger partial charge in [-0.1, -0.05) is 27.7 Å². The minimum Gasteiger partial charge on any atom is -0.354 e. The maximum Gasteiger partial charge on any atom is 0.236 e. The minimum absolute atomic E-state index is 0.0379. The summed E-state index contributed by atoms with van der Waals surface area (Å²) in [5, 5.41) is 2.86. The van der Waals surface area contributed by atoms with Crippen molar-refractivity contribution < 1.29 is 4.79 Å². The highest BCUT2D eigenvalue weighted by molar-refractivity contribution is 5.81. The third-order valence-electron chi connectivity index (χ3n) is 2.47. The number of hydrogen-bond donors (Lipinski definition) is 2. The molecule has 0 bridgehead atoms. The van der Waals surface area contributed by atoms with Gasteiger partial charge in [-0.25, -0.2) is 0 Å². The van der Waals surface area contributed by atoms with Crippen LogP contribution < -0.4 is 11.1 Å². The second-order valence-corrected chi connectivity index (χ2v) is 4.25. The second-order valence-electron chi connectivity index (χ2n) is 4.25. The molecule has 0 aromatic rings. The lowest BCUT2D eigenvalue weighted by Gasteiger charge is -2.23. The average Bonchev–Trinajstić information content (AvgIpc) is 2.13. The summed E-state index contributed by atoms with van der Waals surface area (Å²) < 4.78 is 0. The largest absolute Gasteiger partial charge is 0.354 e. The standard InChI is InChI=1S/C10H22N2O/c1-5-8(11)9(13)12-7-10(3,4)6-2/h8H,5-7,11H2,1-4H3,(H,12,13)/t8-/m1/s1. The molecule has 3 N–H and O–H groups in total. The van der Waals surface area contributed by atoms with Gasteiger partial charge in [0.05, 0.1) is 6.04 Å². The number of hydrogen-bond acceptors (Lipinski definition) is 2. The topological polar surface area (TPSA) is 55.1 Å². The second kappa shape index (κ2) is 5.22. The van der Waals surface area contributed by atoms with Gasteiger partial charge in [-0.2, -0.15) is 0 Å². The molecule has 1 atom stereocenters. The van der Waals surface area contributed by atoms with Crippen LogP contribution in [0.2, 0.25) is 0 Å². The highest BCUT2D eigenvalue weighted by atomic mass is 16.2. The number of carbonyl (C=O) groups excluding carboxylic acids is 1. The van der Waals surface area contributed by atoms with Crippen LogP contribution in [-0.4, -0.2) is 18.5 Å². The van der Waals surface area contributed by atoms with Gasteiger partial charge < -0.3 is 11.1 Å². The van der Waals surface area contributed by atoms with Crippen molar-refractivity contribution in [2.45, 2.75) is 46.6 Å². The Labute approximate surface area is 81.1 Å². The van der Waals surface area contributed by atoms with Gasteiger partial charge in [0, 0.05) is 6.54 Å². The summed E-state index contributed by atoms with van der Waals surface area (Å²) in [5.41, 5.74) is 5.75. The third kappa shape index (κ3) is 4.88. The van der Waals surface area contributed by atoms with Crippen molar-refractivity contribution in [1.82, 2.24) is 5.32 Å². The van der Waals surface area contributed by atoms with Crippen molar-refractivity contribution in [2.24, 2.45) is 11.1 Å². The minimum atomic E-state index is -0.354. The van der Waals surface area contributed by atoms with Crippen LogP contribution in [0.3, 0.4) is 0 Å². The lowest BCUT2D eigenvalue weighted by Crippen LogP contribution is -2.43. The van der Waals surface area contributed by atoms with Gasteiger partial charge in [0.1, 0.15) is 0 Å². The Kier molecular flexibility index (Phi) is 4.99. The summed E-state index contributed by atoms with van der Waals surface area (Å²) in [5.74, 6) is -0.0379. The Morgan fingerprint density at radius 2 is 2.00 bits per heavy atom. The molecule has 0 rings (SSSR count). The van der Waals surface area contributed by atoms with E-state index in [-0.39, 0.29) is 17.4 Å². The van der Waals surface area contributed by atoms with Crippen LogP contribution in [0.5, 0.6) is 0 Å². The molecule has 0 radical (unpaired) electrons. The molecule has 78 valence electrons. The first kappa shape index (κ1) is 12.4. The van der Waals surface area contributed by atoms with E-state index in [0.717, 1.165) is 6.42 Å². The maximum absolute atomic E-state index is 11.3. The van der Waals surface area contributed by atoms with E-state index in [2.05, 4.69) is 26.1 Å². The summed E-state index contributed by atoms with van der Waals surface area (Å²) in [6, 6.07) is -0.354. The van der Waals surface area contributed by atoms with Gasteiger partial charge in [-0.15, -0.1) is 0 Å². The Bertz CT molecular complexity index is 166. The molecule has 0 unspecified atom stereocenters. The quantitative estimate of drug-likeness (QED) is 0.679. The van der Waals surface area contributed by atoms with E-state index in [4.69, 9.17) is 5.73 Å². The Morgan fingerprint density at radius 1 is 1.46 bits per heavy atom. The molecule has 13 heavy (non-hydrogen) atoms. The predicted molar refractivity (Wildman–Crippen MR) is 55.3 cm³/mol. The number of carbonyl (C=O) groups is 1. The van der Waals surface area contributed by atoms with Gasteiger partial charge in [-0.3, -0.25) is 4.79 Å². The van der Waals surface area contributed by atoms with Crippen LogP contribution in [0.4, 0.5) is 0 Å². The zero-order valence-electron chi connectivity index (χ0n) is 9.18. The van der Waals surface area contributed by atoms with E-state index in [9.17, 15) is 4.79 Å². The van der Waals surface area contributed by atoms with Gasteiger partial charge >= 0.3 is 0 Å². The van der Waals surface area contributed by atoms with Gasteiger partial charge in [0.15, 0.2) is 0 Å². The molecule has 0 aliphatic heterocycles. The molecule has 0 spiro atoms. The number of rotatable bonds is 5. The van der Waals surface area contributed by atoms with E-state index in [1.54, 1.807) is 0 Å². The zero-order chi connectivity index (χ0) is 10.5. The van der Waals surface area contributed by atoms with Crippen LogP contribution in [0.25, 0.3) is 0 Å². The van der Waals surface area contributed by atoms with Crippen LogP contribution in [0.1, 0.15) is 40.5 Å². The van der Waals surface area contributed by atoms with E-state index in [1.165, 1.54) is 0 Å². The van der Waals surface area contributed by atoms with E-state index in [0.29, 0.717) is 13.0 Å². The average molecular weight is 186 g/mol. The SMILES string of the molecule is CC[C@@H](N)C(=O)NCC(C)(C)CC. The van der Waals surface area contributed by atoms with Crippen molar-refractivity contribution in [2.75, 3.05) is 6.54 Å². The van der Waals surface area contributed by atoms with Gasteiger partial charge in [-0.05, 0) is 18.3 Å². The van der Waals surface area contributed by atoms with E-state index >= 15 is 0 Å². The number of nitrogens with two attached hydrogens (primary N) is 1. The first-order valence-electron chi connectivity index (χ1n) is 4.96. The van der Waals surface area contributed by atoms with Crippen LogP contribution >= 0.6 is 0 Å². The predicted octanol–water partition coefficient (Wildman–Crippen LogP) is 1.28. The van der Waals surface area contributed by atoms with Gasteiger partial charge in [0.25, 0.3) is 0 Å². The normalized spacial score (nSPS) is 13.9. The fourth-order valence-corrected chi connectivity index (χ4v) is 0.768. The monoisotopic (exact) mass is 186 g/mol. The molecule has 3 nitrogen and oxygen atoms in total. The highest BCUT2D eigenvalue weighted by Gasteiger charge is 2.18. The Hall–Kier alpha value is -0.570. The molecular formula is C10H22N2O. The molecule has 0 aromatic carbocycles. The summed E-state index contributed by atoms with van der Waals surface area (Å²) in [7, 11) is 0. The third-order valence-corrected chi connectivity index (χ3v) is 2.47. The molecule has 0 saturated carbocycles. The molecular weight excluding hydrogens is 164 g/mol. The molecule has 0 aliphatic carbocycles. The van der Waals surface area contributed by atoms with Crippen molar-refractivity contribution >= 4 is 5.91 Å². The molecule has 0 fully saturated rings. The van der Waals surface area contributed by atoms with Crippen molar-refractivity contribution in [3.8, 4) is 0 Å².